The standard InChI is InChI=1S/Al.H3O4P.Si/c;1-5(2,3)4;/h;(H3,1,2,3,4);/q+3;;+4. The number of rotatable bonds is 0. The van der Waals surface area contributed by atoms with E-state index in [9.17, 15) is 0 Å². The van der Waals surface area contributed by atoms with Gasteiger partial charge < -0.3 is 14.7 Å². The van der Waals surface area contributed by atoms with Gasteiger partial charge in [0.1, 0.15) is 0 Å². The van der Waals surface area contributed by atoms with E-state index < -0.39 is 7.82 Å². The smallest absolute Gasteiger partial charge is 0.303 e. The second-order valence-electron chi connectivity index (χ2n) is 0.513. The van der Waals surface area contributed by atoms with Crippen LogP contribution in [0.2, 0.25) is 0 Å². The van der Waals surface area contributed by atoms with Crippen molar-refractivity contribution in [3.8, 4) is 0 Å². The fourth-order valence-corrected chi connectivity index (χ4v) is 0. The zero-order valence-corrected chi connectivity index (χ0v) is 6.32. The summed E-state index contributed by atoms with van der Waals surface area (Å²) in [6.07, 6.45) is 0. The molecule has 0 radical (unpaired) electrons. The number of phosphoric acid groups is 1. The van der Waals surface area contributed by atoms with E-state index in [1.165, 1.54) is 0 Å². The molecule has 0 atom stereocenters. The fourth-order valence-electron chi connectivity index (χ4n) is 0. The molecule has 0 heterocycles. The van der Waals surface area contributed by atoms with Crippen LogP contribution in [-0.4, -0.2) is 43.0 Å². The minimum absolute atomic E-state index is 0. The summed E-state index contributed by atoms with van der Waals surface area (Å²) in [5.41, 5.74) is 0. The van der Waals surface area contributed by atoms with Crippen LogP contribution in [0.25, 0.3) is 0 Å². The molecule has 7 heavy (non-hydrogen) atoms. The topological polar surface area (TPSA) is 77.8 Å². The molecule has 3 N–H and O–H groups in total. The van der Waals surface area contributed by atoms with E-state index in [-0.39, 0.29) is 28.3 Å². The molecule has 0 spiro atoms. The van der Waals surface area contributed by atoms with Gasteiger partial charge in [-0.15, -0.1) is 0 Å². The van der Waals surface area contributed by atoms with Gasteiger partial charge >= 0.3 is 36.1 Å². The van der Waals surface area contributed by atoms with E-state index >= 15 is 0 Å². The van der Waals surface area contributed by atoms with E-state index in [0.29, 0.717) is 0 Å². The summed E-state index contributed by atoms with van der Waals surface area (Å²) in [7, 11) is -4.64. The van der Waals surface area contributed by atoms with Crippen LogP contribution in [0.5, 0.6) is 0 Å². The van der Waals surface area contributed by atoms with Crippen LogP contribution in [0.4, 0.5) is 0 Å². The molecule has 0 aliphatic carbocycles. The Kier molecular flexibility index (Phi) is 11.2. The van der Waals surface area contributed by atoms with Gasteiger partial charge in [-0.25, -0.2) is 4.57 Å². The van der Waals surface area contributed by atoms with Gasteiger partial charge in [0.2, 0.25) is 0 Å². The maximum Gasteiger partial charge on any atom is 4.00 e. The van der Waals surface area contributed by atoms with Crippen LogP contribution in [-0.2, 0) is 4.57 Å². The average molecular weight is 153 g/mol. The molecular formula is H3AlO4PSi+7. The first-order chi connectivity index (χ1) is 2.00. The first kappa shape index (κ1) is 15.7. The zero-order valence-electron chi connectivity index (χ0n) is 3.27. The minimum Gasteiger partial charge on any atom is -0.303 e. The SMILES string of the molecule is O=P(O)(O)O.[Al+3].[Si+4]. The van der Waals surface area contributed by atoms with Crippen molar-refractivity contribution in [3.63, 3.8) is 0 Å². The van der Waals surface area contributed by atoms with Crippen molar-refractivity contribution in [2.45, 2.75) is 0 Å². The molecule has 32 valence electrons. The average Bonchev–Trinajstić information content (AvgIpc) is 0.722. The predicted octanol–water partition coefficient (Wildman–Crippen LogP) is -1.69. The Labute approximate surface area is 56.0 Å². The third-order valence-electron chi connectivity index (χ3n) is 0. The van der Waals surface area contributed by atoms with Crippen LogP contribution >= 0.6 is 7.82 Å². The van der Waals surface area contributed by atoms with E-state index in [4.69, 9.17) is 19.2 Å². The van der Waals surface area contributed by atoms with E-state index in [1.807, 2.05) is 0 Å². The van der Waals surface area contributed by atoms with E-state index in [1.54, 1.807) is 0 Å². The molecule has 7 heteroatoms. The van der Waals surface area contributed by atoms with Gasteiger partial charge in [0.25, 0.3) is 0 Å². The van der Waals surface area contributed by atoms with Crippen LogP contribution in [0, 0.1) is 0 Å². The predicted molar refractivity (Wildman–Crippen MR) is 25.8 cm³/mol. The van der Waals surface area contributed by atoms with Crippen LogP contribution in [0.3, 0.4) is 0 Å². The fraction of sp³-hybridized carbons (Fsp3) is 0. The Morgan fingerprint density at radius 1 is 1.14 bits per heavy atom. The van der Waals surface area contributed by atoms with Crippen molar-refractivity contribution >= 4 is 36.1 Å². The van der Waals surface area contributed by atoms with Gasteiger partial charge in [-0.3, -0.25) is 0 Å². The zero-order chi connectivity index (χ0) is 4.50. The number of hydrogen-bond acceptors (Lipinski definition) is 1. The molecule has 0 aliphatic rings. The monoisotopic (exact) mass is 153 g/mol. The van der Waals surface area contributed by atoms with Crippen LogP contribution < -0.4 is 0 Å². The van der Waals surface area contributed by atoms with Gasteiger partial charge in [0.15, 0.2) is 0 Å². The van der Waals surface area contributed by atoms with Gasteiger partial charge in [-0.05, 0) is 0 Å². The quantitative estimate of drug-likeness (QED) is 0.286. The van der Waals surface area contributed by atoms with Gasteiger partial charge in [0, 0.05) is 0 Å². The third-order valence-corrected chi connectivity index (χ3v) is 0. The van der Waals surface area contributed by atoms with Crippen LogP contribution in [0.1, 0.15) is 0 Å². The van der Waals surface area contributed by atoms with Crippen molar-refractivity contribution < 1.29 is 19.2 Å². The van der Waals surface area contributed by atoms with Crippen molar-refractivity contribution in [2.24, 2.45) is 0 Å². The summed E-state index contributed by atoms with van der Waals surface area (Å²) < 4.78 is 8.88. The Balaban J connectivity index is -0.0000000800. The second-order valence-corrected chi connectivity index (χ2v) is 1.54. The molecule has 0 saturated heterocycles. The van der Waals surface area contributed by atoms with Gasteiger partial charge in [-0.1, -0.05) is 0 Å². The molecule has 0 unspecified atom stereocenters. The molecule has 0 fully saturated rings. The molecule has 0 rings (SSSR count). The first-order valence-corrected chi connectivity index (χ1v) is 2.35. The van der Waals surface area contributed by atoms with E-state index in [0.717, 1.165) is 0 Å². The molecule has 0 aromatic carbocycles. The van der Waals surface area contributed by atoms with Crippen molar-refractivity contribution in [1.29, 1.82) is 0 Å². The maximum atomic E-state index is 8.88. The van der Waals surface area contributed by atoms with Gasteiger partial charge in [-0.2, -0.15) is 0 Å². The Hall–Kier alpha value is 0.859. The molecule has 0 saturated carbocycles. The Morgan fingerprint density at radius 3 is 1.14 bits per heavy atom. The van der Waals surface area contributed by atoms with Crippen LogP contribution in [0.15, 0.2) is 0 Å². The minimum atomic E-state index is -4.64. The molecule has 0 amide bonds. The molecule has 0 aliphatic heterocycles. The Morgan fingerprint density at radius 2 is 1.14 bits per heavy atom. The second kappa shape index (κ2) is 5.01. The third kappa shape index (κ3) is 219. The molecular weight excluding hydrogens is 150 g/mol. The normalized spacial score (nSPS) is 8.43. The maximum absolute atomic E-state index is 8.88. The van der Waals surface area contributed by atoms with E-state index in [2.05, 4.69) is 0 Å². The Bertz CT molecular complexity index is 57.8. The first-order valence-electron chi connectivity index (χ1n) is 0.783. The summed E-state index contributed by atoms with van der Waals surface area (Å²) in [6.45, 7) is 0. The summed E-state index contributed by atoms with van der Waals surface area (Å²) in [4.78, 5) is 21.6. The van der Waals surface area contributed by atoms with Crippen molar-refractivity contribution in [2.75, 3.05) is 0 Å². The number of hydrogen-bond donors (Lipinski definition) is 3. The van der Waals surface area contributed by atoms with Crippen molar-refractivity contribution in [3.05, 3.63) is 0 Å². The molecule has 0 aromatic heterocycles. The molecule has 0 bridgehead atoms. The van der Waals surface area contributed by atoms with Gasteiger partial charge in [0.05, 0.1) is 0 Å². The summed E-state index contributed by atoms with van der Waals surface area (Å²) >= 11 is 0. The molecule has 4 nitrogen and oxygen atoms in total. The van der Waals surface area contributed by atoms with Crippen molar-refractivity contribution in [1.82, 2.24) is 0 Å². The summed E-state index contributed by atoms with van der Waals surface area (Å²) in [5.74, 6) is 0. The molecule has 0 aromatic rings. The summed E-state index contributed by atoms with van der Waals surface area (Å²) in [5, 5.41) is 0. The summed E-state index contributed by atoms with van der Waals surface area (Å²) in [6, 6.07) is 0. The largest absolute Gasteiger partial charge is 4.00 e.